The van der Waals surface area contributed by atoms with Crippen LogP contribution in [0.25, 0.3) is 0 Å². The molecule has 0 aromatic carbocycles. The Labute approximate surface area is 101 Å². The van der Waals surface area contributed by atoms with E-state index in [2.05, 4.69) is 24.5 Å². The van der Waals surface area contributed by atoms with Crippen molar-refractivity contribution in [2.75, 3.05) is 13.1 Å². The van der Waals surface area contributed by atoms with Gasteiger partial charge < -0.3 is 10.6 Å². The van der Waals surface area contributed by atoms with Crippen LogP contribution in [-0.4, -0.2) is 25.2 Å². The zero-order valence-corrected chi connectivity index (χ0v) is 11.0. The van der Waals surface area contributed by atoms with Gasteiger partial charge in [-0.1, -0.05) is 6.92 Å². The van der Waals surface area contributed by atoms with Gasteiger partial charge in [0.05, 0.1) is 0 Å². The molecule has 0 aromatic rings. The fraction of sp³-hybridized carbons (Fsp3) is 1.00. The molecular formula is C14H28N2. The van der Waals surface area contributed by atoms with Gasteiger partial charge in [-0.25, -0.2) is 0 Å². The first-order chi connectivity index (χ1) is 7.74. The minimum atomic E-state index is 0.747. The first-order valence-corrected chi connectivity index (χ1v) is 7.21. The predicted octanol–water partition coefficient (Wildman–Crippen LogP) is 2.54. The van der Waals surface area contributed by atoms with Crippen LogP contribution in [0.5, 0.6) is 0 Å². The molecule has 0 saturated carbocycles. The highest BCUT2D eigenvalue weighted by Gasteiger charge is 2.22. The maximum absolute atomic E-state index is 3.68. The molecule has 2 heteroatoms. The van der Waals surface area contributed by atoms with Crippen molar-refractivity contribution in [3.63, 3.8) is 0 Å². The van der Waals surface area contributed by atoms with E-state index < -0.39 is 0 Å². The third-order valence-electron chi connectivity index (χ3n) is 4.41. The van der Waals surface area contributed by atoms with E-state index in [0.717, 1.165) is 23.9 Å². The molecule has 4 atom stereocenters. The van der Waals surface area contributed by atoms with Crippen molar-refractivity contribution < 1.29 is 0 Å². The molecular weight excluding hydrogens is 196 g/mol. The van der Waals surface area contributed by atoms with E-state index in [-0.39, 0.29) is 0 Å². The SMILES string of the molecule is C[C@H]1CCN[C@H](CC[C@@H]2CCN[C@H](C)C2)C1. The summed E-state index contributed by atoms with van der Waals surface area (Å²) in [7, 11) is 0. The van der Waals surface area contributed by atoms with Crippen molar-refractivity contribution in [1.82, 2.24) is 10.6 Å². The van der Waals surface area contributed by atoms with Gasteiger partial charge in [-0.3, -0.25) is 0 Å². The standard InChI is InChI=1S/C14H28N2/c1-11-5-7-16-14(9-11)4-3-13-6-8-15-12(2)10-13/h11-16H,3-10H2,1-2H3/t11-,12+,13+,14+/m0/s1. The fourth-order valence-corrected chi connectivity index (χ4v) is 3.37. The Morgan fingerprint density at radius 2 is 1.75 bits per heavy atom. The molecule has 2 fully saturated rings. The lowest BCUT2D eigenvalue weighted by molar-refractivity contribution is 0.254. The first kappa shape index (κ1) is 12.4. The van der Waals surface area contributed by atoms with Crippen LogP contribution in [0.2, 0.25) is 0 Å². The van der Waals surface area contributed by atoms with Crippen molar-refractivity contribution in [2.45, 2.75) is 64.5 Å². The second-order valence-electron chi connectivity index (χ2n) is 6.10. The Morgan fingerprint density at radius 3 is 2.50 bits per heavy atom. The van der Waals surface area contributed by atoms with Gasteiger partial charge in [0.2, 0.25) is 0 Å². The van der Waals surface area contributed by atoms with Crippen LogP contribution in [0.1, 0.15) is 52.4 Å². The summed E-state index contributed by atoms with van der Waals surface area (Å²) in [4.78, 5) is 0. The predicted molar refractivity (Wildman–Crippen MR) is 69.6 cm³/mol. The van der Waals surface area contributed by atoms with E-state index in [9.17, 15) is 0 Å². The van der Waals surface area contributed by atoms with Crippen molar-refractivity contribution in [3.8, 4) is 0 Å². The molecule has 2 aliphatic heterocycles. The van der Waals surface area contributed by atoms with Crippen molar-refractivity contribution >= 4 is 0 Å². The number of hydrogen-bond donors (Lipinski definition) is 2. The molecule has 0 unspecified atom stereocenters. The lowest BCUT2D eigenvalue weighted by Gasteiger charge is -2.32. The van der Waals surface area contributed by atoms with Crippen LogP contribution in [0, 0.1) is 11.8 Å². The molecule has 2 heterocycles. The van der Waals surface area contributed by atoms with Crippen LogP contribution >= 0.6 is 0 Å². The van der Waals surface area contributed by atoms with Crippen molar-refractivity contribution in [3.05, 3.63) is 0 Å². The van der Waals surface area contributed by atoms with Crippen molar-refractivity contribution in [2.24, 2.45) is 11.8 Å². The van der Waals surface area contributed by atoms with Gasteiger partial charge >= 0.3 is 0 Å². The van der Waals surface area contributed by atoms with Gasteiger partial charge in [-0.15, -0.1) is 0 Å². The quantitative estimate of drug-likeness (QED) is 0.770. The summed E-state index contributed by atoms with van der Waals surface area (Å²) in [6, 6.07) is 1.56. The molecule has 94 valence electrons. The van der Waals surface area contributed by atoms with E-state index in [4.69, 9.17) is 0 Å². The Balaban J connectivity index is 1.66. The highest BCUT2D eigenvalue weighted by atomic mass is 14.9. The Hall–Kier alpha value is -0.0800. The molecule has 2 nitrogen and oxygen atoms in total. The minimum Gasteiger partial charge on any atom is -0.314 e. The van der Waals surface area contributed by atoms with Crippen LogP contribution in [0.15, 0.2) is 0 Å². The van der Waals surface area contributed by atoms with E-state index in [1.165, 1.54) is 51.6 Å². The topological polar surface area (TPSA) is 24.1 Å². The van der Waals surface area contributed by atoms with Gasteiger partial charge in [0, 0.05) is 12.1 Å². The normalized spacial score (nSPS) is 40.9. The van der Waals surface area contributed by atoms with E-state index in [1.807, 2.05) is 0 Å². The monoisotopic (exact) mass is 224 g/mol. The van der Waals surface area contributed by atoms with Crippen LogP contribution in [0.4, 0.5) is 0 Å². The molecule has 2 aliphatic rings. The third kappa shape index (κ3) is 3.74. The van der Waals surface area contributed by atoms with Crippen LogP contribution < -0.4 is 10.6 Å². The second-order valence-corrected chi connectivity index (χ2v) is 6.10. The summed E-state index contributed by atoms with van der Waals surface area (Å²) in [5.74, 6) is 1.92. The minimum absolute atomic E-state index is 0.747. The highest BCUT2D eigenvalue weighted by Crippen LogP contribution is 2.25. The number of rotatable bonds is 3. The fourth-order valence-electron chi connectivity index (χ4n) is 3.37. The number of hydrogen-bond acceptors (Lipinski definition) is 2. The van der Waals surface area contributed by atoms with Crippen LogP contribution in [0.3, 0.4) is 0 Å². The smallest absolute Gasteiger partial charge is 0.00697 e. The molecule has 0 aromatic heterocycles. The molecule has 16 heavy (non-hydrogen) atoms. The largest absolute Gasteiger partial charge is 0.314 e. The lowest BCUT2D eigenvalue weighted by atomic mass is 9.85. The average molecular weight is 224 g/mol. The third-order valence-corrected chi connectivity index (χ3v) is 4.41. The maximum Gasteiger partial charge on any atom is 0.00697 e. The maximum atomic E-state index is 3.68. The van der Waals surface area contributed by atoms with Gasteiger partial charge in [-0.05, 0) is 70.4 Å². The number of piperidine rings is 2. The Morgan fingerprint density at radius 1 is 0.938 bits per heavy atom. The molecule has 2 saturated heterocycles. The average Bonchev–Trinajstić information content (AvgIpc) is 2.27. The Kier molecular flexibility index (Phi) is 4.66. The van der Waals surface area contributed by atoms with E-state index in [0.29, 0.717) is 0 Å². The van der Waals surface area contributed by atoms with Gasteiger partial charge in [0.15, 0.2) is 0 Å². The molecule has 0 aliphatic carbocycles. The zero-order chi connectivity index (χ0) is 11.4. The van der Waals surface area contributed by atoms with Gasteiger partial charge in [-0.2, -0.15) is 0 Å². The molecule has 0 radical (unpaired) electrons. The summed E-state index contributed by atoms with van der Waals surface area (Å²) in [6.07, 6.45) is 8.41. The molecule has 2 N–H and O–H groups in total. The van der Waals surface area contributed by atoms with Gasteiger partial charge in [0.1, 0.15) is 0 Å². The van der Waals surface area contributed by atoms with Crippen molar-refractivity contribution in [1.29, 1.82) is 0 Å². The summed E-state index contributed by atoms with van der Waals surface area (Å²) in [5, 5.41) is 7.23. The molecule has 0 spiro atoms. The second kappa shape index (κ2) is 6.02. The first-order valence-electron chi connectivity index (χ1n) is 7.21. The van der Waals surface area contributed by atoms with E-state index in [1.54, 1.807) is 0 Å². The molecule has 0 bridgehead atoms. The summed E-state index contributed by atoms with van der Waals surface area (Å²) in [5.41, 5.74) is 0. The van der Waals surface area contributed by atoms with Gasteiger partial charge in [0.25, 0.3) is 0 Å². The highest BCUT2D eigenvalue weighted by molar-refractivity contribution is 4.80. The summed E-state index contributed by atoms with van der Waals surface area (Å²) in [6.45, 7) is 7.21. The Bertz CT molecular complexity index is 183. The van der Waals surface area contributed by atoms with E-state index >= 15 is 0 Å². The summed E-state index contributed by atoms with van der Waals surface area (Å²) < 4.78 is 0. The number of nitrogens with one attached hydrogen (secondary N) is 2. The zero-order valence-electron chi connectivity index (χ0n) is 11.0. The molecule has 0 amide bonds. The summed E-state index contributed by atoms with van der Waals surface area (Å²) >= 11 is 0. The van der Waals surface area contributed by atoms with Crippen LogP contribution in [-0.2, 0) is 0 Å². The molecule has 2 rings (SSSR count). The lowest BCUT2D eigenvalue weighted by Crippen LogP contribution is -2.39.